The Kier molecular flexibility index (Phi) is 21.7. The zero-order valence-electron chi connectivity index (χ0n) is 65.0. The number of aromatic amines is 6. The van der Waals surface area contributed by atoms with E-state index in [0.29, 0.717) is 89.0 Å². The number of aliphatic hydroxyl groups excluding tert-OH is 1. The number of nitrogens with one attached hydrogen (secondary N) is 6. The van der Waals surface area contributed by atoms with E-state index in [1.165, 1.54) is 91.0 Å². The van der Waals surface area contributed by atoms with E-state index in [9.17, 15) is 49.0 Å². The third-order valence-corrected chi connectivity index (χ3v) is 21.0. The van der Waals surface area contributed by atoms with Crippen LogP contribution in [-0.2, 0) is 58.8 Å². The molecule has 0 bridgehead atoms. The predicted molar refractivity (Wildman–Crippen MR) is 445 cm³/mol. The van der Waals surface area contributed by atoms with Crippen LogP contribution in [0.5, 0.6) is 0 Å². The van der Waals surface area contributed by atoms with Gasteiger partial charge in [0.25, 0.3) is 0 Å². The molecule has 0 saturated carbocycles. The molecule has 20 rings (SSSR count). The lowest BCUT2D eigenvalue weighted by atomic mass is 9.96. The quantitative estimate of drug-likeness (QED) is 0.0503. The second-order valence-corrected chi connectivity index (χ2v) is 31.0. The zero-order chi connectivity index (χ0) is 82.4. The van der Waals surface area contributed by atoms with Gasteiger partial charge < -0.3 is 53.3 Å². The van der Waals surface area contributed by atoms with E-state index < -0.39 is 0 Å². The van der Waals surface area contributed by atoms with E-state index in [0.717, 1.165) is 135 Å². The van der Waals surface area contributed by atoms with Gasteiger partial charge in [0.05, 0.1) is 78.3 Å². The maximum absolute atomic E-state index is 14.0. The molecule has 0 unspecified atom stereocenters. The van der Waals surface area contributed by atoms with Crippen LogP contribution < -0.4 is 0 Å². The number of rotatable bonds is 15. The van der Waals surface area contributed by atoms with Crippen LogP contribution in [-0.4, -0.2) is 79.8 Å². The summed E-state index contributed by atoms with van der Waals surface area (Å²) in [6.07, 6.45) is 11.8. The summed E-state index contributed by atoms with van der Waals surface area (Å²) in [6.45, 7) is 12.4. The fraction of sp³-hybridized carbons (Fsp3) is 0.183. The molecule has 10 aromatic carbocycles. The third kappa shape index (κ3) is 16.3. The average Bonchev–Trinajstić information content (AvgIpc) is 1.63. The molecule has 0 aliphatic heterocycles. The maximum atomic E-state index is 14.0. The van der Waals surface area contributed by atoms with E-state index in [1.54, 1.807) is 77.6 Å². The largest absolute Gasteiger partial charge is 0.395 e. The highest BCUT2D eigenvalue weighted by Crippen LogP contribution is 2.34. The molecule has 25 heteroatoms. The molecule has 0 atom stereocenters. The Morgan fingerprint density at radius 2 is 0.686 bits per heavy atom. The van der Waals surface area contributed by atoms with Crippen molar-refractivity contribution in [2.45, 2.75) is 86.4 Å². The molecular formula is C93H80F10N14O. The van der Waals surface area contributed by atoms with Gasteiger partial charge in [0, 0.05) is 133 Å². The normalized spacial score (nSPS) is 11.8. The molecule has 15 nitrogen and oxygen atoms in total. The number of hydrogen-bond donors (Lipinski definition) is 7. The molecule has 0 saturated heterocycles. The Labute approximate surface area is 668 Å². The lowest BCUT2D eigenvalue weighted by molar-refractivity contribution is 0.276. The van der Waals surface area contributed by atoms with Crippen molar-refractivity contribution < 1.29 is 49.0 Å². The summed E-state index contributed by atoms with van der Waals surface area (Å²) in [6, 6.07) is 50.0. The fourth-order valence-electron chi connectivity index (χ4n) is 15.5. The minimum atomic E-state index is -0.345. The van der Waals surface area contributed by atoms with Crippen molar-refractivity contribution in [1.82, 2.24) is 68.1 Å². The molecule has 0 fully saturated rings. The molecule has 0 spiro atoms. The minimum absolute atomic E-state index is 0.0149. The number of H-pyrrole nitrogens is 6. The summed E-state index contributed by atoms with van der Waals surface area (Å²) in [4.78, 5) is 36.7. The van der Waals surface area contributed by atoms with E-state index >= 15 is 0 Å². The van der Waals surface area contributed by atoms with Crippen molar-refractivity contribution in [1.29, 1.82) is 0 Å². The number of hydrogen-bond acceptors (Lipinski definition) is 5. The SMILES string of the molecule is CC(C)(C)Cn1c(Cc2c[nH]c3c(F)cccc23)nc2ccc(F)cc21.CC(C)Cn1c(Cc2c[nH]c3c(F)cccc23)nc2ccc(F)cc21.Cn1c(Cc2c[nH]c3c(F)cccc23)nc2ccc(F)cc21.Fc1ccc2[nH]c(Cc3c[nH]c4c(F)cccc34)cc2c1.OCCn1c(Cc2c[nH]c3c(F)cccc23)nc2ccc(F)cc21. The molecule has 598 valence electrons. The van der Waals surface area contributed by atoms with Crippen molar-refractivity contribution in [2.75, 3.05) is 6.61 Å². The number of benzene rings is 10. The van der Waals surface area contributed by atoms with Crippen molar-refractivity contribution in [3.63, 3.8) is 0 Å². The van der Waals surface area contributed by atoms with Crippen LogP contribution in [0.4, 0.5) is 43.9 Å². The highest BCUT2D eigenvalue weighted by atomic mass is 19.2. The molecule has 7 N–H and O–H groups in total. The average molecular weight is 1600 g/mol. The Hall–Kier alpha value is -13.4. The van der Waals surface area contributed by atoms with Gasteiger partial charge in [-0.25, -0.2) is 63.8 Å². The highest BCUT2D eigenvalue weighted by molar-refractivity contribution is 5.89. The van der Waals surface area contributed by atoms with E-state index in [-0.39, 0.29) is 70.2 Å². The maximum Gasteiger partial charge on any atom is 0.147 e. The van der Waals surface area contributed by atoms with Gasteiger partial charge in [0.15, 0.2) is 0 Å². The summed E-state index contributed by atoms with van der Waals surface area (Å²) in [5.41, 5.74) is 15.2. The van der Waals surface area contributed by atoms with Crippen LogP contribution >= 0.6 is 0 Å². The minimum Gasteiger partial charge on any atom is -0.395 e. The predicted octanol–water partition coefficient (Wildman–Crippen LogP) is 22.3. The first kappa shape index (κ1) is 78.5. The topological polar surface area (TPSA) is 186 Å². The van der Waals surface area contributed by atoms with Gasteiger partial charge in [-0.2, -0.15) is 0 Å². The van der Waals surface area contributed by atoms with Crippen LogP contribution in [0.2, 0.25) is 0 Å². The Balaban J connectivity index is 0.000000110. The lowest BCUT2D eigenvalue weighted by Gasteiger charge is -2.21. The smallest absolute Gasteiger partial charge is 0.147 e. The van der Waals surface area contributed by atoms with Gasteiger partial charge in [0.2, 0.25) is 0 Å². The number of aromatic nitrogens is 14. The van der Waals surface area contributed by atoms with Crippen LogP contribution in [0.1, 0.15) is 91.4 Å². The van der Waals surface area contributed by atoms with Crippen molar-refractivity contribution in [3.8, 4) is 0 Å². The number of nitrogens with zero attached hydrogens (tertiary/aromatic N) is 8. The number of aryl methyl sites for hydroxylation is 1. The molecule has 0 aliphatic rings. The molecule has 0 aliphatic carbocycles. The summed E-state index contributed by atoms with van der Waals surface area (Å²) in [5, 5.41) is 14.4. The monoisotopic (exact) mass is 1600 g/mol. The Bertz CT molecular complexity index is 7090. The fourth-order valence-corrected chi connectivity index (χ4v) is 15.5. The van der Waals surface area contributed by atoms with Gasteiger partial charge in [-0.3, -0.25) is 0 Å². The van der Waals surface area contributed by atoms with Crippen LogP contribution in [0.15, 0.2) is 219 Å². The number of aliphatic hydroxyl groups is 1. The van der Waals surface area contributed by atoms with Gasteiger partial charge in [-0.1, -0.05) is 95.3 Å². The van der Waals surface area contributed by atoms with Crippen molar-refractivity contribution in [2.24, 2.45) is 18.4 Å². The first-order valence-electron chi connectivity index (χ1n) is 38.5. The van der Waals surface area contributed by atoms with Gasteiger partial charge in [-0.15, -0.1) is 0 Å². The summed E-state index contributed by atoms with van der Waals surface area (Å²) < 4.78 is 145. The summed E-state index contributed by atoms with van der Waals surface area (Å²) in [5.74, 6) is 0.871. The van der Waals surface area contributed by atoms with Crippen molar-refractivity contribution in [3.05, 3.63) is 334 Å². The summed E-state index contributed by atoms with van der Waals surface area (Å²) in [7, 11) is 1.86. The van der Waals surface area contributed by atoms with Crippen LogP contribution in [0, 0.1) is 69.5 Å². The number of imidazole rings is 4. The van der Waals surface area contributed by atoms with Crippen molar-refractivity contribution >= 4 is 110 Å². The second kappa shape index (κ2) is 32.7. The molecule has 118 heavy (non-hydrogen) atoms. The highest BCUT2D eigenvalue weighted by Gasteiger charge is 2.23. The molecular weight excluding hydrogens is 1520 g/mol. The van der Waals surface area contributed by atoms with Gasteiger partial charge in [0.1, 0.15) is 81.5 Å². The Morgan fingerprint density at radius 3 is 1.08 bits per heavy atom. The third-order valence-electron chi connectivity index (χ3n) is 21.0. The summed E-state index contributed by atoms with van der Waals surface area (Å²) >= 11 is 0. The van der Waals surface area contributed by atoms with E-state index in [2.05, 4.69) is 83.6 Å². The number of para-hydroxylation sites is 5. The standard InChI is InChI=1S/C21H21F2N3.C20H19F2N3.C18H15F2N3O.C17H13F2N3.C17H12F2N2/c1-21(2,3)12-26-18-10-14(22)7-8-17(18)25-19(26)9-13-11-24-20-15(13)5-4-6-16(20)23;1-12(2)11-25-18-9-14(21)6-7-17(18)24-19(25)8-13-10-23-20-15(13)4-3-5-16(20)22;19-12-4-5-15-16(9-12)23(6-7-24)17(22-15)8-11-10-21-18-13(11)2-1-3-14(18)20;1-22-15-8-11(18)5-6-14(15)21-16(22)7-10-9-20-17-12(10)3-2-4-13(17)19;18-12-4-5-16-10(6-12)7-13(21-16)8-11-9-20-17-14(11)2-1-3-15(17)19/h4-8,10-11,24H,9,12H2,1-3H3;3-7,9-10,12,23H,8,11H2,1-2H3;1-5,9-10,21,24H,6-8H2;2-6,8-9,20H,7H2,1H3;1-7,9,20-21H,8H2. The van der Waals surface area contributed by atoms with E-state index in [4.69, 9.17) is 9.97 Å². The second-order valence-electron chi connectivity index (χ2n) is 31.0. The van der Waals surface area contributed by atoms with Crippen LogP contribution in [0.25, 0.3) is 110 Å². The van der Waals surface area contributed by atoms with Gasteiger partial charge in [-0.05, 0) is 167 Å². The molecule has 10 heterocycles. The van der Waals surface area contributed by atoms with Gasteiger partial charge >= 0.3 is 0 Å². The first-order valence-corrected chi connectivity index (χ1v) is 38.5. The first-order chi connectivity index (χ1) is 56.8. The lowest BCUT2D eigenvalue weighted by Crippen LogP contribution is -2.17. The van der Waals surface area contributed by atoms with Crippen LogP contribution in [0.3, 0.4) is 0 Å². The molecule has 10 aromatic heterocycles. The van der Waals surface area contributed by atoms with E-state index in [1.807, 2.05) is 66.6 Å². The molecule has 0 radical (unpaired) electrons. The molecule has 0 amide bonds. The number of fused-ring (bicyclic) bond motifs is 10. The zero-order valence-corrected chi connectivity index (χ0v) is 65.0. The molecule has 20 aromatic rings. The Morgan fingerprint density at radius 1 is 0.364 bits per heavy atom. The number of halogens is 10.